The minimum Gasteiger partial charge on any atom is -0.353 e. The molecule has 0 fully saturated rings. The Hall–Kier alpha value is -1.58. The molecule has 0 bridgehead atoms. The summed E-state index contributed by atoms with van der Waals surface area (Å²) >= 11 is 0. The zero-order valence-corrected chi connectivity index (χ0v) is 11.9. The van der Waals surface area contributed by atoms with E-state index >= 15 is 0 Å². The van der Waals surface area contributed by atoms with Gasteiger partial charge in [-0.2, -0.15) is 4.98 Å². The van der Waals surface area contributed by atoms with E-state index in [4.69, 9.17) is 0 Å². The molecule has 2 rings (SSSR count). The molecule has 2 heterocycles. The molecule has 0 aliphatic rings. The molecule has 0 aliphatic carbocycles. The highest BCUT2D eigenvalue weighted by Gasteiger charge is 2.20. The summed E-state index contributed by atoms with van der Waals surface area (Å²) in [6, 6.07) is 4.03. The lowest BCUT2D eigenvalue weighted by atomic mass is 9.82. The van der Waals surface area contributed by atoms with Crippen LogP contribution in [0.4, 0.5) is 5.95 Å². The Morgan fingerprint density at radius 2 is 2.11 bits per heavy atom. The quantitative estimate of drug-likeness (QED) is 0.904. The Morgan fingerprint density at radius 3 is 2.72 bits per heavy atom. The van der Waals surface area contributed by atoms with Crippen molar-refractivity contribution in [3.8, 4) is 0 Å². The fraction of sp³-hybridized carbons (Fsp3) is 0.571. The first-order valence-corrected chi connectivity index (χ1v) is 6.44. The number of fused-ring (bicyclic) bond motifs is 1. The first-order valence-electron chi connectivity index (χ1n) is 6.44. The van der Waals surface area contributed by atoms with Crippen molar-refractivity contribution in [3.63, 3.8) is 0 Å². The van der Waals surface area contributed by atoms with Gasteiger partial charge in [0.2, 0.25) is 5.95 Å². The number of aromatic nitrogens is 3. The predicted molar refractivity (Wildman–Crippen MR) is 74.8 cm³/mol. The number of pyridine rings is 1. The van der Waals surface area contributed by atoms with Gasteiger partial charge >= 0.3 is 0 Å². The third-order valence-corrected chi connectivity index (χ3v) is 3.60. The molecule has 98 valence electrons. The van der Waals surface area contributed by atoms with Crippen molar-refractivity contribution in [2.45, 2.75) is 34.6 Å². The third-order valence-electron chi connectivity index (χ3n) is 3.60. The van der Waals surface area contributed by atoms with Gasteiger partial charge in [-0.1, -0.05) is 33.8 Å². The van der Waals surface area contributed by atoms with Crippen LogP contribution in [0, 0.1) is 18.3 Å². The third kappa shape index (κ3) is 2.63. The van der Waals surface area contributed by atoms with E-state index < -0.39 is 0 Å². The topological polar surface area (TPSA) is 42.2 Å². The smallest absolute Gasteiger partial charge is 0.243 e. The van der Waals surface area contributed by atoms with Crippen LogP contribution < -0.4 is 5.32 Å². The minimum absolute atomic E-state index is 0.294. The van der Waals surface area contributed by atoms with Gasteiger partial charge in [-0.25, -0.2) is 4.52 Å². The predicted octanol–water partition coefficient (Wildman–Crippen LogP) is 3.13. The molecule has 1 atom stereocenters. The van der Waals surface area contributed by atoms with Crippen molar-refractivity contribution in [2.24, 2.45) is 11.3 Å². The van der Waals surface area contributed by atoms with Crippen LogP contribution in [0.25, 0.3) is 5.65 Å². The van der Waals surface area contributed by atoms with E-state index in [2.05, 4.69) is 43.1 Å². The Bertz CT molecular complexity index is 536. The summed E-state index contributed by atoms with van der Waals surface area (Å²) in [5, 5.41) is 7.75. The molecule has 0 radical (unpaired) electrons. The normalized spacial score (nSPS) is 13.8. The fourth-order valence-corrected chi connectivity index (χ4v) is 1.66. The summed E-state index contributed by atoms with van der Waals surface area (Å²) in [7, 11) is 0. The van der Waals surface area contributed by atoms with Gasteiger partial charge in [0.05, 0.1) is 0 Å². The van der Waals surface area contributed by atoms with Gasteiger partial charge in [-0.05, 0) is 29.9 Å². The fourth-order valence-electron chi connectivity index (χ4n) is 1.66. The van der Waals surface area contributed by atoms with Crippen molar-refractivity contribution in [1.82, 2.24) is 14.6 Å². The largest absolute Gasteiger partial charge is 0.353 e. The van der Waals surface area contributed by atoms with Crippen LogP contribution in [-0.4, -0.2) is 21.1 Å². The Kier molecular flexibility index (Phi) is 3.28. The monoisotopic (exact) mass is 246 g/mol. The second-order valence-corrected chi connectivity index (χ2v) is 6.04. The second kappa shape index (κ2) is 4.59. The molecular weight excluding hydrogens is 224 g/mol. The zero-order valence-electron chi connectivity index (χ0n) is 11.9. The summed E-state index contributed by atoms with van der Waals surface area (Å²) in [5.74, 6) is 1.27. The average molecular weight is 246 g/mol. The molecule has 2 aromatic heterocycles. The highest BCUT2D eigenvalue weighted by Crippen LogP contribution is 2.25. The molecule has 18 heavy (non-hydrogen) atoms. The number of aryl methyl sites for hydroxylation is 1. The first-order chi connectivity index (χ1) is 8.38. The van der Waals surface area contributed by atoms with Gasteiger partial charge < -0.3 is 5.32 Å². The van der Waals surface area contributed by atoms with Gasteiger partial charge in [-0.3, -0.25) is 0 Å². The van der Waals surface area contributed by atoms with Crippen molar-refractivity contribution < 1.29 is 0 Å². The number of rotatable bonds is 3. The maximum Gasteiger partial charge on any atom is 0.243 e. The van der Waals surface area contributed by atoms with Crippen LogP contribution in [0.1, 0.15) is 33.3 Å². The van der Waals surface area contributed by atoms with Crippen LogP contribution >= 0.6 is 0 Å². The highest BCUT2D eigenvalue weighted by atomic mass is 15.3. The molecule has 4 nitrogen and oxygen atoms in total. The van der Waals surface area contributed by atoms with Crippen molar-refractivity contribution >= 4 is 11.6 Å². The number of nitrogens with zero attached hydrogens (tertiary/aromatic N) is 3. The van der Waals surface area contributed by atoms with Crippen molar-refractivity contribution in [1.29, 1.82) is 0 Å². The van der Waals surface area contributed by atoms with E-state index in [1.807, 2.05) is 29.8 Å². The summed E-state index contributed by atoms with van der Waals surface area (Å²) < 4.78 is 1.82. The molecule has 0 aromatic carbocycles. The van der Waals surface area contributed by atoms with Crippen LogP contribution in [-0.2, 0) is 0 Å². The highest BCUT2D eigenvalue weighted by molar-refractivity contribution is 5.49. The summed E-state index contributed by atoms with van der Waals surface area (Å²) in [6.07, 6.45) is 1.92. The van der Waals surface area contributed by atoms with E-state index in [0.717, 1.165) is 17.8 Å². The number of hydrogen-bond acceptors (Lipinski definition) is 3. The van der Waals surface area contributed by atoms with E-state index in [0.29, 0.717) is 17.3 Å². The molecule has 1 unspecified atom stereocenters. The molecule has 0 aliphatic heterocycles. The minimum atomic E-state index is 0.294. The summed E-state index contributed by atoms with van der Waals surface area (Å²) in [4.78, 5) is 4.51. The number of anilines is 1. The SMILES string of the molecule is Cc1cccn2nc(NCC(C)C(C)(C)C)nc12. The van der Waals surface area contributed by atoms with Crippen LogP contribution in [0.15, 0.2) is 18.3 Å². The van der Waals surface area contributed by atoms with E-state index in [-0.39, 0.29) is 0 Å². The number of nitrogens with one attached hydrogen (secondary N) is 1. The van der Waals surface area contributed by atoms with Gasteiger partial charge in [0, 0.05) is 12.7 Å². The molecule has 0 amide bonds. The standard InChI is InChI=1S/C14H22N4/c1-10-7-6-8-18-12(10)16-13(17-18)15-9-11(2)14(3,4)5/h6-8,11H,9H2,1-5H3,(H,15,17). The second-order valence-electron chi connectivity index (χ2n) is 6.04. The first kappa shape index (κ1) is 12.9. The summed E-state index contributed by atoms with van der Waals surface area (Å²) in [6.45, 7) is 11.9. The van der Waals surface area contributed by atoms with Gasteiger partial charge in [-0.15, -0.1) is 5.10 Å². The van der Waals surface area contributed by atoms with E-state index in [1.54, 1.807) is 0 Å². The molecule has 0 spiro atoms. The Balaban J connectivity index is 2.11. The van der Waals surface area contributed by atoms with Crippen molar-refractivity contribution in [3.05, 3.63) is 23.9 Å². The Morgan fingerprint density at radius 1 is 1.39 bits per heavy atom. The lowest BCUT2D eigenvalue weighted by molar-refractivity contribution is 0.274. The summed E-state index contributed by atoms with van der Waals surface area (Å²) in [5.41, 5.74) is 2.35. The maximum atomic E-state index is 4.51. The van der Waals surface area contributed by atoms with Gasteiger partial charge in [0.1, 0.15) is 0 Å². The number of hydrogen-bond donors (Lipinski definition) is 1. The van der Waals surface area contributed by atoms with Gasteiger partial charge in [0.15, 0.2) is 5.65 Å². The lowest BCUT2D eigenvalue weighted by Crippen LogP contribution is -2.25. The Labute approximate surface area is 108 Å². The molecule has 0 saturated heterocycles. The van der Waals surface area contributed by atoms with E-state index in [9.17, 15) is 0 Å². The maximum absolute atomic E-state index is 4.51. The van der Waals surface area contributed by atoms with Crippen LogP contribution in [0.3, 0.4) is 0 Å². The average Bonchev–Trinajstić information content (AvgIpc) is 2.69. The lowest BCUT2D eigenvalue weighted by Gasteiger charge is -2.27. The van der Waals surface area contributed by atoms with E-state index in [1.165, 1.54) is 0 Å². The van der Waals surface area contributed by atoms with Crippen molar-refractivity contribution in [2.75, 3.05) is 11.9 Å². The van der Waals surface area contributed by atoms with Crippen LogP contribution in [0.2, 0.25) is 0 Å². The molecule has 4 heteroatoms. The van der Waals surface area contributed by atoms with Crippen LogP contribution in [0.5, 0.6) is 0 Å². The molecule has 2 aromatic rings. The molecule has 1 N–H and O–H groups in total. The molecular formula is C14H22N4. The molecule has 0 saturated carbocycles. The zero-order chi connectivity index (χ0) is 13.3. The van der Waals surface area contributed by atoms with Gasteiger partial charge in [0.25, 0.3) is 0 Å².